The Bertz CT molecular complexity index is 341. The molecular formula is C13H20BrNO. The average molecular weight is 286 g/mol. The Morgan fingerprint density at radius 3 is 2.69 bits per heavy atom. The van der Waals surface area contributed by atoms with E-state index in [1.54, 1.807) is 0 Å². The highest BCUT2D eigenvalue weighted by molar-refractivity contribution is 9.10. The van der Waals surface area contributed by atoms with E-state index in [1.807, 2.05) is 25.1 Å². The average Bonchev–Trinajstić information content (AvgIpc) is 2.25. The number of nitrogens with two attached hydrogens (primary N) is 1. The Morgan fingerprint density at radius 2 is 2.12 bits per heavy atom. The summed E-state index contributed by atoms with van der Waals surface area (Å²) < 4.78 is 0.982. The first-order valence-electron chi connectivity index (χ1n) is 5.76. The zero-order valence-corrected chi connectivity index (χ0v) is 11.5. The second kappa shape index (κ2) is 6.38. The summed E-state index contributed by atoms with van der Waals surface area (Å²) in [6, 6.07) is 5.73. The highest BCUT2D eigenvalue weighted by Gasteiger charge is 2.18. The van der Waals surface area contributed by atoms with Gasteiger partial charge in [-0.05, 0) is 30.5 Å². The van der Waals surface area contributed by atoms with Crippen molar-refractivity contribution >= 4 is 15.9 Å². The third kappa shape index (κ3) is 3.58. The summed E-state index contributed by atoms with van der Waals surface area (Å²) >= 11 is 3.49. The van der Waals surface area contributed by atoms with Gasteiger partial charge in [-0.25, -0.2) is 0 Å². The molecule has 0 bridgehead atoms. The number of hydrogen-bond acceptors (Lipinski definition) is 2. The van der Waals surface area contributed by atoms with Crippen LogP contribution in [0.5, 0.6) is 0 Å². The van der Waals surface area contributed by atoms with Gasteiger partial charge in [0, 0.05) is 4.47 Å². The van der Waals surface area contributed by atoms with Gasteiger partial charge >= 0.3 is 0 Å². The Balaban J connectivity index is 2.75. The molecule has 1 rings (SSSR count). The minimum absolute atomic E-state index is 0.304. The van der Waals surface area contributed by atoms with Crippen LogP contribution in [-0.4, -0.2) is 11.2 Å². The second-order valence-electron chi connectivity index (χ2n) is 4.26. The van der Waals surface area contributed by atoms with Crippen LogP contribution in [0, 0.1) is 6.92 Å². The topological polar surface area (TPSA) is 46.2 Å². The lowest BCUT2D eigenvalue weighted by atomic mass is 9.98. The van der Waals surface area contributed by atoms with Gasteiger partial charge in [-0.3, -0.25) is 0 Å². The number of benzene rings is 1. The minimum atomic E-state index is -0.459. The molecule has 0 spiro atoms. The fourth-order valence-corrected chi connectivity index (χ4v) is 2.46. The van der Waals surface area contributed by atoms with Crippen LogP contribution in [0.15, 0.2) is 22.7 Å². The summed E-state index contributed by atoms with van der Waals surface area (Å²) in [6.07, 6.45) is 2.40. The predicted octanol–water partition coefficient (Wildman–Crippen LogP) is 3.31. The minimum Gasteiger partial charge on any atom is -0.391 e. The molecule has 0 aromatic heterocycles. The van der Waals surface area contributed by atoms with Crippen molar-refractivity contribution in [3.63, 3.8) is 0 Å². The molecule has 1 aromatic rings. The fourth-order valence-electron chi connectivity index (χ4n) is 1.70. The monoisotopic (exact) mass is 285 g/mol. The van der Waals surface area contributed by atoms with Crippen LogP contribution in [0.3, 0.4) is 0 Å². The summed E-state index contributed by atoms with van der Waals surface area (Å²) in [6.45, 7) is 4.15. The van der Waals surface area contributed by atoms with Gasteiger partial charge in [-0.1, -0.05) is 47.8 Å². The van der Waals surface area contributed by atoms with Crippen molar-refractivity contribution in [3.05, 3.63) is 33.8 Å². The quantitative estimate of drug-likeness (QED) is 0.872. The molecule has 3 N–H and O–H groups in total. The first-order valence-corrected chi connectivity index (χ1v) is 6.55. The number of rotatable bonds is 5. The van der Waals surface area contributed by atoms with Crippen LogP contribution in [0.2, 0.25) is 0 Å². The van der Waals surface area contributed by atoms with Gasteiger partial charge in [0.15, 0.2) is 0 Å². The maximum absolute atomic E-state index is 9.95. The summed E-state index contributed by atoms with van der Waals surface area (Å²) in [5.41, 5.74) is 8.22. The summed E-state index contributed by atoms with van der Waals surface area (Å²) in [7, 11) is 0. The number of hydrogen-bond donors (Lipinski definition) is 2. The molecule has 0 heterocycles. The Hall–Kier alpha value is -0.380. The third-order valence-electron chi connectivity index (χ3n) is 2.78. The largest absolute Gasteiger partial charge is 0.391 e. The predicted molar refractivity (Wildman–Crippen MR) is 71.3 cm³/mol. The number of aliphatic hydroxyl groups excluding tert-OH is 1. The molecule has 0 aliphatic heterocycles. The third-order valence-corrected chi connectivity index (χ3v) is 3.47. The SMILES string of the molecule is CCCC[C@@H](O)[C@@H](N)c1ccc(C)cc1Br. The maximum Gasteiger partial charge on any atom is 0.0733 e. The van der Waals surface area contributed by atoms with Gasteiger partial charge in [0.25, 0.3) is 0 Å². The van der Waals surface area contributed by atoms with Crippen LogP contribution < -0.4 is 5.73 Å². The Labute approximate surface area is 106 Å². The van der Waals surface area contributed by atoms with Crippen LogP contribution in [-0.2, 0) is 0 Å². The number of halogens is 1. The van der Waals surface area contributed by atoms with Crippen LogP contribution in [0.4, 0.5) is 0 Å². The molecule has 90 valence electrons. The molecule has 0 aliphatic carbocycles. The second-order valence-corrected chi connectivity index (χ2v) is 5.11. The highest BCUT2D eigenvalue weighted by atomic mass is 79.9. The molecular weight excluding hydrogens is 266 g/mol. The van der Waals surface area contributed by atoms with E-state index in [1.165, 1.54) is 5.56 Å². The van der Waals surface area contributed by atoms with E-state index in [0.717, 1.165) is 29.3 Å². The first-order chi connectivity index (χ1) is 7.56. The van der Waals surface area contributed by atoms with Crippen molar-refractivity contribution < 1.29 is 5.11 Å². The molecule has 0 unspecified atom stereocenters. The zero-order chi connectivity index (χ0) is 12.1. The van der Waals surface area contributed by atoms with Crippen molar-refractivity contribution in [3.8, 4) is 0 Å². The van der Waals surface area contributed by atoms with Crippen LogP contribution in [0.25, 0.3) is 0 Å². The number of aryl methyl sites for hydroxylation is 1. The molecule has 0 radical (unpaired) electrons. The Kier molecular flexibility index (Phi) is 5.46. The molecule has 3 heteroatoms. The summed E-state index contributed by atoms with van der Waals surface area (Å²) in [5.74, 6) is 0. The fraction of sp³-hybridized carbons (Fsp3) is 0.538. The normalized spacial score (nSPS) is 14.8. The van der Waals surface area contributed by atoms with E-state index in [9.17, 15) is 5.11 Å². The molecule has 0 saturated heterocycles. The first kappa shape index (κ1) is 13.7. The lowest BCUT2D eigenvalue weighted by molar-refractivity contribution is 0.132. The molecule has 0 fully saturated rings. The molecule has 0 aliphatic rings. The van der Waals surface area contributed by atoms with Crippen LogP contribution in [0.1, 0.15) is 43.4 Å². The van der Waals surface area contributed by atoms with E-state index >= 15 is 0 Å². The van der Waals surface area contributed by atoms with Crippen molar-refractivity contribution in [2.45, 2.75) is 45.3 Å². The number of aliphatic hydroxyl groups is 1. The molecule has 0 saturated carbocycles. The van der Waals surface area contributed by atoms with E-state index in [2.05, 4.69) is 22.9 Å². The zero-order valence-electron chi connectivity index (χ0n) is 9.91. The van der Waals surface area contributed by atoms with E-state index < -0.39 is 6.10 Å². The standard InChI is InChI=1S/C13H20BrNO/c1-3-4-5-12(16)13(15)10-7-6-9(2)8-11(10)14/h6-8,12-13,16H,3-5,15H2,1-2H3/t12-,13+/m1/s1. The van der Waals surface area contributed by atoms with Gasteiger partial charge in [-0.2, -0.15) is 0 Å². The smallest absolute Gasteiger partial charge is 0.0733 e. The van der Waals surface area contributed by atoms with Crippen molar-refractivity contribution in [1.29, 1.82) is 0 Å². The van der Waals surface area contributed by atoms with E-state index in [0.29, 0.717) is 0 Å². The van der Waals surface area contributed by atoms with Crippen molar-refractivity contribution in [2.24, 2.45) is 5.73 Å². The lowest BCUT2D eigenvalue weighted by Gasteiger charge is -2.20. The van der Waals surface area contributed by atoms with Crippen molar-refractivity contribution in [2.75, 3.05) is 0 Å². The molecule has 16 heavy (non-hydrogen) atoms. The van der Waals surface area contributed by atoms with E-state index in [-0.39, 0.29) is 6.04 Å². The van der Waals surface area contributed by atoms with Gasteiger partial charge in [0.1, 0.15) is 0 Å². The van der Waals surface area contributed by atoms with Crippen molar-refractivity contribution in [1.82, 2.24) is 0 Å². The lowest BCUT2D eigenvalue weighted by Crippen LogP contribution is -2.26. The number of unbranched alkanes of at least 4 members (excludes halogenated alkanes) is 1. The Morgan fingerprint density at radius 1 is 1.44 bits per heavy atom. The van der Waals surface area contributed by atoms with E-state index in [4.69, 9.17) is 5.73 Å². The van der Waals surface area contributed by atoms with Gasteiger partial charge < -0.3 is 10.8 Å². The molecule has 2 atom stereocenters. The molecule has 0 amide bonds. The van der Waals surface area contributed by atoms with Gasteiger partial charge in [0.2, 0.25) is 0 Å². The van der Waals surface area contributed by atoms with Gasteiger partial charge in [0.05, 0.1) is 12.1 Å². The highest BCUT2D eigenvalue weighted by Crippen LogP contribution is 2.26. The maximum atomic E-state index is 9.95. The molecule has 1 aromatic carbocycles. The molecule has 2 nitrogen and oxygen atoms in total. The summed E-state index contributed by atoms with van der Waals surface area (Å²) in [4.78, 5) is 0. The van der Waals surface area contributed by atoms with Gasteiger partial charge in [-0.15, -0.1) is 0 Å². The summed E-state index contributed by atoms with van der Waals surface area (Å²) in [5, 5.41) is 9.95. The van der Waals surface area contributed by atoms with Crippen LogP contribution >= 0.6 is 15.9 Å².